The fourth-order valence-electron chi connectivity index (χ4n) is 1.87. The van der Waals surface area contributed by atoms with Crippen molar-refractivity contribution < 1.29 is 14.6 Å². The summed E-state index contributed by atoms with van der Waals surface area (Å²) in [7, 11) is 1.65. The zero-order valence-electron chi connectivity index (χ0n) is 11.2. The van der Waals surface area contributed by atoms with Crippen molar-refractivity contribution in [3.63, 3.8) is 0 Å². The molecule has 0 aliphatic carbocycles. The Labute approximate surface area is 118 Å². The van der Waals surface area contributed by atoms with Crippen LogP contribution < -0.4 is 4.74 Å². The van der Waals surface area contributed by atoms with Gasteiger partial charge in [0, 0.05) is 0 Å². The maximum atomic E-state index is 10.4. The van der Waals surface area contributed by atoms with Crippen molar-refractivity contribution in [2.24, 2.45) is 0 Å². The van der Waals surface area contributed by atoms with E-state index in [9.17, 15) is 4.79 Å². The lowest BCUT2D eigenvalue weighted by atomic mass is 10.0. The van der Waals surface area contributed by atoms with Crippen LogP contribution in [0.2, 0.25) is 0 Å². The van der Waals surface area contributed by atoms with E-state index in [1.54, 1.807) is 13.2 Å². The first-order chi connectivity index (χ1) is 9.69. The third-order valence-electron chi connectivity index (χ3n) is 2.94. The number of carbonyl (C=O) groups is 1. The van der Waals surface area contributed by atoms with Crippen LogP contribution in [0.4, 0.5) is 0 Å². The lowest BCUT2D eigenvalue weighted by molar-refractivity contribution is -0.135. The second-order valence-corrected chi connectivity index (χ2v) is 4.35. The zero-order chi connectivity index (χ0) is 14.4. The molecule has 2 aromatic carbocycles. The summed E-state index contributed by atoms with van der Waals surface area (Å²) in [6.07, 6.45) is 3.50. The molecule has 3 nitrogen and oxygen atoms in total. The summed E-state index contributed by atoms with van der Waals surface area (Å²) >= 11 is 0. The quantitative estimate of drug-likeness (QED) is 0.895. The molecule has 0 atom stereocenters. The molecule has 0 saturated heterocycles. The number of carboxylic acids is 1. The first-order valence-electron chi connectivity index (χ1n) is 6.32. The highest BCUT2D eigenvalue weighted by Crippen LogP contribution is 2.22. The lowest BCUT2D eigenvalue weighted by Gasteiger charge is -2.04. The molecule has 0 unspecified atom stereocenters. The molecule has 0 aliphatic rings. The van der Waals surface area contributed by atoms with Crippen LogP contribution in [0.25, 0.3) is 17.2 Å². The smallest absolute Gasteiger partial charge is 0.307 e. The molecule has 2 rings (SSSR count). The Morgan fingerprint density at radius 3 is 2.10 bits per heavy atom. The summed E-state index contributed by atoms with van der Waals surface area (Å²) in [4.78, 5) is 10.4. The van der Waals surface area contributed by atoms with Crippen molar-refractivity contribution in [3.05, 3.63) is 60.2 Å². The van der Waals surface area contributed by atoms with Crippen molar-refractivity contribution in [2.75, 3.05) is 7.11 Å². The van der Waals surface area contributed by atoms with Gasteiger partial charge in [-0.2, -0.15) is 0 Å². The number of aliphatic carboxylic acids is 1. The maximum Gasteiger partial charge on any atom is 0.307 e. The molecule has 0 aromatic heterocycles. The molecule has 0 heterocycles. The Kier molecular flexibility index (Phi) is 4.56. The summed E-state index contributed by atoms with van der Waals surface area (Å²) in [6, 6.07) is 15.8. The Morgan fingerprint density at radius 2 is 1.60 bits per heavy atom. The SMILES string of the molecule is COc1ccc(-c2ccc(/C=C/CC(=O)O)cc2)cc1. The van der Waals surface area contributed by atoms with Crippen LogP contribution in [0.5, 0.6) is 5.75 Å². The fourth-order valence-corrected chi connectivity index (χ4v) is 1.87. The van der Waals surface area contributed by atoms with Crippen LogP contribution in [-0.2, 0) is 4.79 Å². The number of carboxylic acid groups (broad SMARTS) is 1. The van der Waals surface area contributed by atoms with Crippen LogP contribution in [0, 0.1) is 0 Å². The van der Waals surface area contributed by atoms with Gasteiger partial charge >= 0.3 is 5.97 Å². The molecule has 0 amide bonds. The van der Waals surface area contributed by atoms with Crippen LogP contribution in [0.1, 0.15) is 12.0 Å². The molecule has 0 saturated carbocycles. The topological polar surface area (TPSA) is 46.5 Å². The fraction of sp³-hybridized carbons (Fsp3) is 0.118. The molecular formula is C17H16O3. The third kappa shape index (κ3) is 3.72. The number of hydrogen-bond donors (Lipinski definition) is 1. The largest absolute Gasteiger partial charge is 0.497 e. The normalized spacial score (nSPS) is 10.7. The molecule has 0 fully saturated rings. The molecule has 0 bridgehead atoms. The van der Waals surface area contributed by atoms with E-state index >= 15 is 0 Å². The number of rotatable bonds is 5. The average molecular weight is 268 g/mol. The Balaban J connectivity index is 2.10. The van der Waals surface area contributed by atoms with Gasteiger partial charge in [0.2, 0.25) is 0 Å². The number of benzene rings is 2. The molecular weight excluding hydrogens is 252 g/mol. The minimum Gasteiger partial charge on any atom is -0.497 e. The molecule has 20 heavy (non-hydrogen) atoms. The van der Waals surface area contributed by atoms with E-state index in [-0.39, 0.29) is 6.42 Å². The van der Waals surface area contributed by atoms with E-state index < -0.39 is 5.97 Å². The highest BCUT2D eigenvalue weighted by atomic mass is 16.5. The lowest BCUT2D eigenvalue weighted by Crippen LogP contribution is -1.89. The van der Waals surface area contributed by atoms with Gasteiger partial charge in [-0.05, 0) is 28.8 Å². The number of hydrogen-bond acceptors (Lipinski definition) is 2. The van der Waals surface area contributed by atoms with Gasteiger partial charge in [-0.25, -0.2) is 0 Å². The van der Waals surface area contributed by atoms with Crippen LogP contribution in [0.3, 0.4) is 0 Å². The van der Waals surface area contributed by atoms with Gasteiger partial charge in [-0.3, -0.25) is 4.79 Å². The van der Waals surface area contributed by atoms with Crippen molar-refractivity contribution in [1.82, 2.24) is 0 Å². The molecule has 0 radical (unpaired) electrons. The second kappa shape index (κ2) is 6.57. The van der Waals surface area contributed by atoms with E-state index in [1.165, 1.54) is 0 Å². The summed E-state index contributed by atoms with van der Waals surface area (Å²) < 4.78 is 5.13. The minimum atomic E-state index is -0.823. The maximum absolute atomic E-state index is 10.4. The van der Waals surface area contributed by atoms with Crippen LogP contribution in [0.15, 0.2) is 54.6 Å². The third-order valence-corrected chi connectivity index (χ3v) is 2.94. The highest BCUT2D eigenvalue weighted by Gasteiger charge is 1.98. The first kappa shape index (κ1) is 13.9. The average Bonchev–Trinajstić information content (AvgIpc) is 2.48. The summed E-state index contributed by atoms with van der Waals surface area (Å²) in [5.41, 5.74) is 3.22. The molecule has 102 valence electrons. The monoisotopic (exact) mass is 268 g/mol. The van der Waals surface area contributed by atoms with Crippen molar-refractivity contribution in [1.29, 1.82) is 0 Å². The van der Waals surface area contributed by atoms with Gasteiger partial charge in [0.05, 0.1) is 13.5 Å². The van der Waals surface area contributed by atoms with Crippen LogP contribution in [-0.4, -0.2) is 18.2 Å². The van der Waals surface area contributed by atoms with Crippen molar-refractivity contribution >= 4 is 12.0 Å². The molecule has 1 N–H and O–H groups in total. The Morgan fingerprint density at radius 1 is 1.05 bits per heavy atom. The Bertz CT molecular complexity index is 595. The van der Waals surface area contributed by atoms with E-state index in [2.05, 4.69) is 0 Å². The van der Waals surface area contributed by atoms with Gasteiger partial charge in [0.15, 0.2) is 0 Å². The number of methoxy groups -OCH3 is 1. The summed E-state index contributed by atoms with van der Waals surface area (Å²) in [6.45, 7) is 0. The zero-order valence-corrected chi connectivity index (χ0v) is 11.2. The number of ether oxygens (including phenoxy) is 1. The minimum absolute atomic E-state index is 0.0419. The van der Waals surface area contributed by atoms with Crippen molar-refractivity contribution in [2.45, 2.75) is 6.42 Å². The van der Waals surface area contributed by atoms with Gasteiger partial charge in [-0.1, -0.05) is 48.6 Å². The van der Waals surface area contributed by atoms with E-state index in [0.717, 1.165) is 22.4 Å². The molecule has 3 heteroatoms. The molecule has 0 spiro atoms. The van der Waals surface area contributed by atoms with Gasteiger partial charge in [0.25, 0.3) is 0 Å². The Hall–Kier alpha value is -2.55. The van der Waals surface area contributed by atoms with Crippen molar-refractivity contribution in [3.8, 4) is 16.9 Å². The molecule has 2 aromatic rings. The summed E-state index contributed by atoms with van der Waals surface area (Å²) in [5, 5.41) is 8.57. The van der Waals surface area contributed by atoms with Gasteiger partial charge in [-0.15, -0.1) is 0 Å². The van der Waals surface area contributed by atoms with Crippen LogP contribution >= 0.6 is 0 Å². The first-order valence-corrected chi connectivity index (χ1v) is 6.32. The highest BCUT2D eigenvalue weighted by molar-refractivity contribution is 5.71. The predicted octanol–water partition coefficient (Wildman–Crippen LogP) is 3.85. The summed E-state index contributed by atoms with van der Waals surface area (Å²) in [5.74, 6) is 0.0121. The van der Waals surface area contributed by atoms with E-state index in [4.69, 9.17) is 9.84 Å². The van der Waals surface area contributed by atoms with Gasteiger partial charge < -0.3 is 9.84 Å². The van der Waals surface area contributed by atoms with E-state index in [0.29, 0.717) is 0 Å². The molecule has 0 aliphatic heterocycles. The second-order valence-electron chi connectivity index (χ2n) is 4.35. The predicted molar refractivity (Wildman–Crippen MR) is 79.7 cm³/mol. The standard InChI is InChI=1S/C17H16O3/c1-20-16-11-9-15(10-12-16)14-7-5-13(6-8-14)3-2-4-17(18)19/h2-3,5-12H,4H2,1H3,(H,18,19)/b3-2+. The van der Waals surface area contributed by atoms with Gasteiger partial charge in [0.1, 0.15) is 5.75 Å². The van der Waals surface area contributed by atoms with E-state index in [1.807, 2.05) is 54.6 Å².